The third-order valence-corrected chi connectivity index (χ3v) is 4.57. The van der Waals surface area contributed by atoms with E-state index in [4.69, 9.17) is 0 Å². The molecule has 1 atom stereocenters. The molecule has 0 saturated carbocycles. The summed E-state index contributed by atoms with van der Waals surface area (Å²) >= 11 is 1.34. The molecule has 0 bridgehead atoms. The van der Waals surface area contributed by atoms with Gasteiger partial charge in [-0.3, -0.25) is 9.89 Å². The van der Waals surface area contributed by atoms with Crippen LogP contribution in [-0.4, -0.2) is 21.1 Å². The van der Waals surface area contributed by atoms with Gasteiger partial charge in [-0.05, 0) is 17.7 Å². The monoisotopic (exact) mass is 338 g/mol. The number of hydrogen-bond donors (Lipinski definition) is 2. The number of aromatic amines is 1. The average molecular weight is 338 g/mol. The normalized spacial score (nSPS) is 11.9. The van der Waals surface area contributed by atoms with E-state index >= 15 is 0 Å². The second-order valence-electron chi connectivity index (χ2n) is 5.18. The van der Waals surface area contributed by atoms with Crippen LogP contribution in [0.15, 0.2) is 65.8 Å². The highest BCUT2D eigenvalue weighted by Crippen LogP contribution is 2.34. The molecule has 0 saturated heterocycles. The average Bonchev–Trinajstić information content (AvgIpc) is 3.09. The predicted octanol–water partition coefficient (Wildman–Crippen LogP) is 3.84. The molecule has 5 nitrogen and oxygen atoms in total. The molecule has 0 spiro atoms. The van der Waals surface area contributed by atoms with E-state index in [0.717, 1.165) is 23.5 Å². The first-order valence-electron chi connectivity index (χ1n) is 7.75. The van der Waals surface area contributed by atoms with Crippen molar-refractivity contribution in [2.45, 2.75) is 23.8 Å². The van der Waals surface area contributed by atoms with Crippen LogP contribution in [0, 0.1) is 0 Å². The van der Waals surface area contributed by atoms with E-state index in [1.807, 2.05) is 67.6 Å². The molecule has 0 radical (unpaired) electrons. The van der Waals surface area contributed by atoms with Crippen LogP contribution in [0.25, 0.3) is 0 Å². The van der Waals surface area contributed by atoms with Gasteiger partial charge >= 0.3 is 0 Å². The zero-order valence-electron chi connectivity index (χ0n) is 13.3. The van der Waals surface area contributed by atoms with Crippen molar-refractivity contribution >= 4 is 23.4 Å². The SMILES string of the molecule is CCc1nc(SC(C(=O)Nc2ccccc2)c2ccccc2)n[nH]1. The van der Waals surface area contributed by atoms with E-state index < -0.39 is 5.25 Å². The van der Waals surface area contributed by atoms with Crippen molar-refractivity contribution < 1.29 is 4.79 Å². The molecular weight excluding hydrogens is 320 g/mol. The number of hydrogen-bond acceptors (Lipinski definition) is 4. The Morgan fingerprint density at radius 2 is 1.79 bits per heavy atom. The number of nitrogens with zero attached hydrogens (tertiary/aromatic N) is 2. The molecule has 0 aliphatic rings. The zero-order valence-corrected chi connectivity index (χ0v) is 14.1. The lowest BCUT2D eigenvalue weighted by molar-refractivity contribution is -0.115. The lowest BCUT2D eigenvalue weighted by Crippen LogP contribution is -2.19. The minimum absolute atomic E-state index is 0.0970. The summed E-state index contributed by atoms with van der Waals surface area (Å²) in [6.07, 6.45) is 0.778. The van der Waals surface area contributed by atoms with Gasteiger partial charge in [-0.2, -0.15) is 0 Å². The maximum absolute atomic E-state index is 12.8. The van der Waals surface area contributed by atoms with Crippen LogP contribution in [-0.2, 0) is 11.2 Å². The molecule has 0 fully saturated rings. The number of aryl methyl sites for hydroxylation is 1. The Kier molecular flexibility index (Phi) is 5.28. The zero-order chi connectivity index (χ0) is 16.8. The first kappa shape index (κ1) is 16.3. The lowest BCUT2D eigenvalue weighted by atomic mass is 10.1. The van der Waals surface area contributed by atoms with Crippen LogP contribution in [0.4, 0.5) is 5.69 Å². The van der Waals surface area contributed by atoms with E-state index in [2.05, 4.69) is 20.5 Å². The molecular formula is C18H18N4OS. The van der Waals surface area contributed by atoms with Crippen molar-refractivity contribution in [1.82, 2.24) is 15.2 Å². The van der Waals surface area contributed by atoms with Gasteiger partial charge in [-0.1, -0.05) is 67.2 Å². The van der Waals surface area contributed by atoms with E-state index in [1.54, 1.807) is 0 Å². The highest BCUT2D eigenvalue weighted by molar-refractivity contribution is 8.00. The van der Waals surface area contributed by atoms with Crippen molar-refractivity contribution in [3.8, 4) is 0 Å². The maximum Gasteiger partial charge on any atom is 0.242 e. The smallest absolute Gasteiger partial charge is 0.242 e. The molecule has 0 aliphatic heterocycles. The van der Waals surface area contributed by atoms with Crippen LogP contribution in [0.2, 0.25) is 0 Å². The summed E-state index contributed by atoms with van der Waals surface area (Å²) in [4.78, 5) is 17.2. The second-order valence-corrected chi connectivity index (χ2v) is 6.25. The molecule has 1 heterocycles. The third-order valence-electron chi connectivity index (χ3n) is 3.45. The van der Waals surface area contributed by atoms with E-state index in [-0.39, 0.29) is 5.91 Å². The molecule has 2 aromatic carbocycles. The van der Waals surface area contributed by atoms with Crippen molar-refractivity contribution in [3.05, 3.63) is 72.1 Å². The summed E-state index contributed by atoms with van der Waals surface area (Å²) in [6.45, 7) is 2.01. The van der Waals surface area contributed by atoms with Gasteiger partial charge in [0.05, 0.1) is 0 Å². The molecule has 1 unspecified atom stereocenters. The van der Waals surface area contributed by atoms with Crippen molar-refractivity contribution in [2.24, 2.45) is 0 Å². The van der Waals surface area contributed by atoms with E-state index in [1.165, 1.54) is 11.8 Å². The van der Waals surface area contributed by atoms with Crippen LogP contribution in [0.5, 0.6) is 0 Å². The second kappa shape index (κ2) is 7.79. The molecule has 1 amide bonds. The summed E-state index contributed by atoms with van der Waals surface area (Å²) in [7, 11) is 0. The maximum atomic E-state index is 12.8. The highest BCUT2D eigenvalue weighted by atomic mass is 32.2. The predicted molar refractivity (Wildman–Crippen MR) is 95.9 cm³/mol. The van der Waals surface area contributed by atoms with E-state index in [9.17, 15) is 4.79 Å². The molecule has 3 rings (SSSR count). The number of benzene rings is 2. The number of H-pyrrole nitrogens is 1. The molecule has 122 valence electrons. The number of amides is 1. The van der Waals surface area contributed by atoms with Crippen molar-refractivity contribution in [3.63, 3.8) is 0 Å². The number of thioether (sulfide) groups is 1. The Balaban J connectivity index is 1.83. The third kappa shape index (κ3) is 4.02. The lowest BCUT2D eigenvalue weighted by Gasteiger charge is -2.15. The minimum atomic E-state index is -0.424. The van der Waals surface area contributed by atoms with Gasteiger partial charge in [-0.25, -0.2) is 4.98 Å². The first-order chi connectivity index (χ1) is 11.8. The van der Waals surface area contributed by atoms with Gasteiger partial charge in [0.15, 0.2) is 0 Å². The quantitative estimate of drug-likeness (QED) is 0.670. The first-order valence-corrected chi connectivity index (χ1v) is 8.63. The molecule has 0 aliphatic carbocycles. The molecule has 3 aromatic rings. The van der Waals surface area contributed by atoms with Gasteiger partial charge in [0.25, 0.3) is 0 Å². The summed E-state index contributed by atoms with van der Waals surface area (Å²) in [5.41, 5.74) is 1.69. The largest absolute Gasteiger partial charge is 0.325 e. The van der Waals surface area contributed by atoms with Gasteiger partial charge in [0, 0.05) is 12.1 Å². The van der Waals surface area contributed by atoms with Crippen LogP contribution < -0.4 is 5.32 Å². The van der Waals surface area contributed by atoms with Crippen LogP contribution in [0.3, 0.4) is 0 Å². The number of carbonyl (C=O) groups is 1. The standard InChI is InChI=1S/C18H18N4OS/c1-2-15-20-18(22-21-15)24-16(13-9-5-3-6-10-13)17(23)19-14-11-7-4-8-12-14/h3-12,16H,2H2,1H3,(H,19,23)(H,20,21,22). The number of aromatic nitrogens is 3. The van der Waals surface area contributed by atoms with Gasteiger partial charge in [0.1, 0.15) is 11.1 Å². The topological polar surface area (TPSA) is 70.7 Å². The highest BCUT2D eigenvalue weighted by Gasteiger charge is 2.24. The van der Waals surface area contributed by atoms with Gasteiger partial charge < -0.3 is 5.32 Å². The molecule has 2 N–H and O–H groups in total. The van der Waals surface area contributed by atoms with Gasteiger partial charge in [0.2, 0.25) is 11.1 Å². The number of rotatable bonds is 6. The fourth-order valence-electron chi connectivity index (χ4n) is 2.22. The van der Waals surface area contributed by atoms with Crippen molar-refractivity contribution in [1.29, 1.82) is 0 Å². The summed E-state index contributed by atoms with van der Waals surface area (Å²) in [6, 6.07) is 19.1. The minimum Gasteiger partial charge on any atom is -0.325 e. The fraction of sp³-hybridized carbons (Fsp3) is 0.167. The summed E-state index contributed by atoms with van der Waals surface area (Å²) < 4.78 is 0. The van der Waals surface area contributed by atoms with Crippen LogP contribution in [0.1, 0.15) is 23.6 Å². The molecule has 1 aromatic heterocycles. The number of anilines is 1. The summed E-state index contributed by atoms with van der Waals surface area (Å²) in [5.74, 6) is 0.716. The Labute approximate surface area is 144 Å². The molecule has 24 heavy (non-hydrogen) atoms. The van der Waals surface area contributed by atoms with Gasteiger partial charge in [-0.15, -0.1) is 5.10 Å². The molecule has 6 heteroatoms. The Bertz CT molecular complexity index is 789. The number of nitrogens with one attached hydrogen (secondary N) is 2. The number of para-hydroxylation sites is 1. The fourth-order valence-corrected chi connectivity index (χ4v) is 3.16. The van der Waals surface area contributed by atoms with Crippen molar-refractivity contribution in [2.75, 3.05) is 5.32 Å². The summed E-state index contributed by atoms with van der Waals surface area (Å²) in [5, 5.41) is 10.2. The Morgan fingerprint density at radius 1 is 1.12 bits per heavy atom. The van der Waals surface area contributed by atoms with E-state index in [0.29, 0.717) is 5.16 Å². The Hall–Kier alpha value is -2.60. The number of carbonyl (C=O) groups excluding carboxylic acids is 1. The van der Waals surface area contributed by atoms with Crippen LogP contribution >= 0.6 is 11.8 Å². The Morgan fingerprint density at radius 3 is 2.42 bits per heavy atom.